The Bertz CT molecular complexity index is 962. The summed E-state index contributed by atoms with van der Waals surface area (Å²) in [5.74, 6) is -0.591. The standard InChI is InChI=1S/C17H21ClIN5O5/c1-7(25)24(16(28)29-17(2,3)4)9-5-8(11(26)12(9)27)23-6-20-10-13(18)21-15(19)22-14(10)23/h6,8-9,11-12,26-27H,5H2,1-4H3/t8-,9+,11+,12-/m1/s1. The molecule has 2 amide bonds. The molecule has 0 aromatic carbocycles. The number of carbonyl (C=O) groups is 2. The van der Waals surface area contributed by atoms with Crippen molar-refractivity contribution in [2.45, 2.75) is 64.0 Å². The third-order valence-corrected chi connectivity index (χ3v) is 5.34. The van der Waals surface area contributed by atoms with Gasteiger partial charge in [-0.25, -0.2) is 24.6 Å². The summed E-state index contributed by atoms with van der Waals surface area (Å²) in [7, 11) is 0. The molecule has 10 nitrogen and oxygen atoms in total. The number of aliphatic hydroxyl groups excluding tert-OH is 2. The molecule has 2 aromatic heterocycles. The zero-order valence-electron chi connectivity index (χ0n) is 16.2. The monoisotopic (exact) mass is 537 g/mol. The molecule has 158 valence electrons. The number of rotatable bonds is 2. The number of imide groups is 1. The van der Waals surface area contributed by atoms with E-state index in [4.69, 9.17) is 16.3 Å². The van der Waals surface area contributed by atoms with E-state index in [0.29, 0.717) is 15.0 Å². The van der Waals surface area contributed by atoms with Gasteiger partial charge in [0.15, 0.2) is 14.6 Å². The van der Waals surface area contributed by atoms with Gasteiger partial charge >= 0.3 is 6.09 Å². The van der Waals surface area contributed by atoms with Crippen molar-refractivity contribution in [3.63, 3.8) is 0 Å². The van der Waals surface area contributed by atoms with Crippen LogP contribution in [-0.2, 0) is 9.53 Å². The Morgan fingerprint density at radius 2 is 1.97 bits per heavy atom. The third kappa shape index (κ3) is 4.32. The van der Waals surface area contributed by atoms with Crippen LogP contribution in [0.25, 0.3) is 11.2 Å². The van der Waals surface area contributed by atoms with Crippen LogP contribution in [0.5, 0.6) is 0 Å². The molecule has 3 rings (SSSR count). The molecule has 0 unspecified atom stereocenters. The van der Waals surface area contributed by atoms with E-state index in [1.807, 2.05) is 22.6 Å². The molecule has 0 radical (unpaired) electrons. The van der Waals surface area contributed by atoms with Crippen LogP contribution < -0.4 is 0 Å². The molecule has 0 spiro atoms. The summed E-state index contributed by atoms with van der Waals surface area (Å²) in [6, 6.07) is -1.66. The van der Waals surface area contributed by atoms with Gasteiger partial charge in [0.1, 0.15) is 23.3 Å². The van der Waals surface area contributed by atoms with Gasteiger partial charge < -0.3 is 19.5 Å². The maximum absolute atomic E-state index is 12.6. The first-order valence-electron chi connectivity index (χ1n) is 8.85. The van der Waals surface area contributed by atoms with Crippen molar-refractivity contribution >= 4 is 57.4 Å². The molecule has 1 aliphatic rings. The molecule has 1 aliphatic carbocycles. The van der Waals surface area contributed by atoms with Gasteiger partial charge in [-0.2, -0.15) is 0 Å². The van der Waals surface area contributed by atoms with Crippen molar-refractivity contribution in [1.29, 1.82) is 0 Å². The van der Waals surface area contributed by atoms with E-state index in [2.05, 4.69) is 15.0 Å². The lowest BCUT2D eigenvalue weighted by Crippen LogP contribution is -2.50. The molecule has 1 saturated carbocycles. The first-order valence-corrected chi connectivity index (χ1v) is 10.3. The van der Waals surface area contributed by atoms with Gasteiger partial charge in [-0.3, -0.25) is 4.79 Å². The first-order chi connectivity index (χ1) is 13.4. The second-order valence-corrected chi connectivity index (χ2v) is 9.15. The fourth-order valence-electron chi connectivity index (χ4n) is 3.43. The van der Waals surface area contributed by atoms with E-state index in [-0.39, 0.29) is 11.6 Å². The van der Waals surface area contributed by atoms with Crippen LogP contribution in [0.15, 0.2) is 6.33 Å². The number of nitrogens with zero attached hydrogens (tertiary/aromatic N) is 5. The van der Waals surface area contributed by atoms with Crippen molar-refractivity contribution in [1.82, 2.24) is 24.4 Å². The number of hydrogen-bond donors (Lipinski definition) is 2. The predicted molar refractivity (Wildman–Crippen MR) is 111 cm³/mol. The smallest absolute Gasteiger partial charge is 0.417 e. The number of halogens is 2. The molecular formula is C17H21ClIN5O5. The lowest BCUT2D eigenvalue weighted by molar-refractivity contribution is -0.132. The zero-order chi connectivity index (χ0) is 21.7. The summed E-state index contributed by atoms with van der Waals surface area (Å²) in [6.45, 7) is 6.23. The lowest BCUT2D eigenvalue weighted by Gasteiger charge is -2.31. The van der Waals surface area contributed by atoms with Crippen molar-refractivity contribution in [3.8, 4) is 0 Å². The van der Waals surface area contributed by atoms with Crippen molar-refractivity contribution in [2.24, 2.45) is 0 Å². The average Bonchev–Trinajstić information content (AvgIpc) is 3.09. The number of amides is 2. The fraction of sp³-hybridized carbons (Fsp3) is 0.588. The van der Waals surface area contributed by atoms with Crippen molar-refractivity contribution < 1.29 is 24.5 Å². The molecular weight excluding hydrogens is 517 g/mol. The first kappa shape index (κ1) is 22.1. The largest absolute Gasteiger partial charge is 0.443 e. The van der Waals surface area contributed by atoms with Gasteiger partial charge in [0.25, 0.3) is 0 Å². The second-order valence-electron chi connectivity index (χ2n) is 7.83. The predicted octanol–water partition coefficient (Wildman–Crippen LogP) is 1.90. The highest BCUT2D eigenvalue weighted by Crippen LogP contribution is 2.37. The minimum atomic E-state index is -1.37. The summed E-state index contributed by atoms with van der Waals surface area (Å²) < 4.78 is 7.27. The molecule has 4 atom stereocenters. The average molecular weight is 538 g/mol. The normalized spacial score (nSPS) is 24.7. The molecule has 0 bridgehead atoms. The van der Waals surface area contributed by atoms with Gasteiger partial charge in [-0.1, -0.05) is 11.6 Å². The summed E-state index contributed by atoms with van der Waals surface area (Å²) in [4.78, 5) is 38.1. The van der Waals surface area contributed by atoms with Crippen LogP contribution in [-0.4, -0.2) is 70.5 Å². The molecule has 2 aromatic rings. The van der Waals surface area contributed by atoms with Gasteiger partial charge in [0.2, 0.25) is 5.91 Å². The highest BCUT2D eigenvalue weighted by Gasteiger charge is 2.49. The van der Waals surface area contributed by atoms with Gasteiger partial charge in [0.05, 0.1) is 18.4 Å². The van der Waals surface area contributed by atoms with E-state index in [1.165, 1.54) is 13.3 Å². The lowest BCUT2D eigenvalue weighted by atomic mass is 10.1. The Balaban J connectivity index is 1.96. The summed E-state index contributed by atoms with van der Waals surface area (Å²) in [5.41, 5.74) is -0.0807. The van der Waals surface area contributed by atoms with Crippen LogP contribution in [0.1, 0.15) is 40.2 Å². The quantitative estimate of drug-likeness (QED) is 0.337. The number of ether oxygens (including phenoxy) is 1. The SMILES string of the molecule is CC(=O)N(C(=O)OC(C)(C)C)[C@H]1C[C@@H](n2cnc3c(Cl)nc(I)nc32)[C@H](O)[C@@H]1O. The number of hydrogen-bond acceptors (Lipinski definition) is 8. The number of imidazole rings is 1. The Morgan fingerprint density at radius 1 is 1.31 bits per heavy atom. The van der Waals surface area contributed by atoms with Gasteiger partial charge in [-0.05, 0) is 27.2 Å². The maximum Gasteiger partial charge on any atom is 0.417 e. The Kier molecular flexibility index (Phi) is 6.05. The Labute approximate surface area is 185 Å². The van der Waals surface area contributed by atoms with Crippen LogP contribution in [0.3, 0.4) is 0 Å². The van der Waals surface area contributed by atoms with Crippen molar-refractivity contribution in [2.75, 3.05) is 0 Å². The third-order valence-electron chi connectivity index (χ3n) is 4.59. The van der Waals surface area contributed by atoms with Gasteiger partial charge in [-0.15, -0.1) is 0 Å². The fourth-order valence-corrected chi connectivity index (χ4v) is 4.25. The molecule has 0 aliphatic heterocycles. The van der Waals surface area contributed by atoms with E-state index in [9.17, 15) is 19.8 Å². The van der Waals surface area contributed by atoms with E-state index >= 15 is 0 Å². The summed E-state index contributed by atoms with van der Waals surface area (Å²) in [5, 5.41) is 21.5. The minimum absolute atomic E-state index is 0.0881. The molecule has 29 heavy (non-hydrogen) atoms. The number of aromatic nitrogens is 4. The molecule has 2 heterocycles. The second kappa shape index (κ2) is 7.93. The number of fused-ring (bicyclic) bond motifs is 1. The molecule has 0 saturated heterocycles. The zero-order valence-corrected chi connectivity index (χ0v) is 19.1. The van der Waals surface area contributed by atoms with E-state index in [0.717, 1.165) is 4.90 Å². The topological polar surface area (TPSA) is 131 Å². The number of carbonyl (C=O) groups excluding carboxylic acids is 2. The van der Waals surface area contributed by atoms with Crippen molar-refractivity contribution in [3.05, 3.63) is 15.3 Å². The van der Waals surface area contributed by atoms with Crippen LogP contribution >= 0.6 is 34.2 Å². The van der Waals surface area contributed by atoms with Gasteiger partial charge in [0, 0.05) is 29.5 Å². The molecule has 12 heteroatoms. The summed E-state index contributed by atoms with van der Waals surface area (Å²) in [6.07, 6.45) is -1.99. The Morgan fingerprint density at radius 3 is 2.55 bits per heavy atom. The van der Waals surface area contributed by atoms with E-state index < -0.39 is 41.9 Å². The maximum atomic E-state index is 12.6. The molecule has 1 fully saturated rings. The number of aliphatic hydroxyl groups is 2. The highest BCUT2D eigenvalue weighted by molar-refractivity contribution is 14.1. The summed E-state index contributed by atoms with van der Waals surface area (Å²) >= 11 is 8.02. The van der Waals surface area contributed by atoms with E-state index in [1.54, 1.807) is 25.3 Å². The highest BCUT2D eigenvalue weighted by atomic mass is 127. The van der Waals surface area contributed by atoms with Crippen LogP contribution in [0, 0.1) is 3.83 Å². The minimum Gasteiger partial charge on any atom is -0.443 e. The molecule has 2 N–H and O–H groups in total. The van der Waals surface area contributed by atoms with Crippen LogP contribution in [0.2, 0.25) is 5.15 Å². The Hall–Kier alpha value is -1.57. The van der Waals surface area contributed by atoms with Crippen LogP contribution in [0.4, 0.5) is 4.79 Å².